The summed E-state index contributed by atoms with van der Waals surface area (Å²) in [7, 11) is 3.80. The Labute approximate surface area is 57.3 Å². The standard InChI is InChI=1S/C7H16N2/c1-6(8-4)7(2,3)9-5/h8-9H,1H2,2-5H3. The van der Waals surface area contributed by atoms with Crippen LogP contribution >= 0.6 is 0 Å². The molecule has 0 heterocycles. The van der Waals surface area contributed by atoms with Crippen LogP contribution in [0.1, 0.15) is 13.8 Å². The zero-order chi connectivity index (χ0) is 7.49. The van der Waals surface area contributed by atoms with E-state index in [9.17, 15) is 0 Å². The molecule has 0 saturated heterocycles. The molecule has 2 heteroatoms. The van der Waals surface area contributed by atoms with E-state index in [-0.39, 0.29) is 5.54 Å². The molecule has 0 aliphatic heterocycles. The Morgan fingerprint density at radius 3 is 1.89 bits per heavy atom. The van der Waals surface area contributed by atoms with E-state index in [1.807, 2.05) is 14.1 Å². The van der Waals surface area contributed by atoms with Crippen molar-refractivity contribution in [2.24, 2.45) is 0 Å². The van der Waals surface area contributed by atoms with E-state index >= 15 is 0 Å². The van der Waals surface area contributed by atoms with Gasteiger partial charge in [-0.2, -0.15) is 0 Å². The minimum Gasteiger partial charge on any atom is -0.390 e. The summed E-state index contributed by atoms with van der Waals surface area (Å²) in [5.41, 5.74) is 0.999. The summed E-state index contributed by atoms with van der Waals surface area (Å²) >= 11 is 0. The fraction of sp³-hybridized carbons (Fsp3) is 0.714. The molecule has 0 aromatic heterocycles. The Hall–Kier alpha value is -0.500. The van der Waals surface area contributed by atoms with Gasteiger partial charge in [0.25, 0.3) is 0 Å². The second kappa shape index (κ2) is 2.87. The van der Waals surface area contributed by atoms with Crippen LogP contribution in [-0.4, -0.2) is 19.6 Å². The monoisotopic (exact) mass is 128 g/mol. The number of likely N-dealkylation sites (N-methyl/N-ethyl adjacent to an activating group) is 2. The summed E-state index contributed by atoms with van der Waals surface area (Å²) < 4.78 is 0. The van der Waals surface area contributed by atoms with Gasteiger partial charge in [0.2, 0.25) is 0 Å². The second-order valence-electron chi connectivity index (χ2n) is 2.60. The highest BCUT2D eigenvalue weighted by molar-refractivity contribution is 5.09. The molecule has 0 unspecified atom stereocenters. The second-order valence-corrected chi connectivity index (χ2v) is 2.60. The molecule has 0 spiro atoms. The van der Waals surface area contributed by atoms with Gasteiger partial charge >= 0.3 is 0 Å². The van der Waals surface area contributed by atoms with Crippen LogP contribution in [0.15, 0.2) is 12.3 Å². The van der Waals surface area contributed by atoms with Crippen molar-refractivity contribution in [1.82, 2.24) is 10.6 Å². The van der Waals surface area contributed by atoms with E-state index in [0.717, 1.165) is 5.70 Å². The lowest BCUT2D eigenvalue weighted by Gasteiger charge is -2.26. The quantitative estimate of drug-likeness (QED) is 0.585. The van der Waals surface area contributed by atoms with Crippen molar-refractivity contribution >= 4 is 0 Å². The van der Waals surface area contributed by atoms with Crippen molar-refractivity contribution in [3.8, 4) is 0 Å². The summed E-state index contributed by atoms with van der Waals surface area (Å²) in [4.78, 5) is 0. The van der Waals surface area contributed by atoms with Gasteiger partial charge in [-0.05, 0) is 20.9 Å². The van der Waals surface area contributed by atoms with E-state index in [1.165, 1.54) is 0 Å². The number of rotatable bonds is 3. The Morgan fingerprint density at radius 1 is 1.33 bits per heavy atom. The average Bonchev–Trinajstić information content (AvgIpc) is 1.86. The van der Waals surface area contributed by atoms with Gasteiger partial charge in [-0.3, -0.25) is 0 Å². The molecule has 0 amide bonds. The Kier molecular flexibility index (Phi) is 2.71. The van der Waals surface area contributed by atoms with E-state index in [1.54, 1.807) is 0 Å². The van der Waals surface area contributed by atoms with Gasteiger partial charge in [0.1, 0.15) is 0 Å². The van der Waals surface area contributed by atoms with E-state index < -0.39 is 0 Å². The first-order valence-corrected chi connectivity index (χ1v) is 3.10. The Balaban J connectivity index is 3.97. The lowest BCUT2D eigenvalue weighted by molar-refractivity contribution is 0.474. The van der Waals surface area contributed by atoms with Crippen LogP contribution in [0.25, 0.3) is 0 Å². The molecular weight excluding hydrogens is 112 g/mol. The van der Waals surface area contributed by atoms with Crippen LogP contribution in [0.2, 0.25) is 0 Å². The topological polar surface area (TPSA) is 24.1 Å². The Morgan fingerprint density at radius 2 is 1.78 bits per heavy atom. The molecule has 0 aliphatic carbocycles. The summed E-state index contributed by atoms with van der Waals surface area (Å²) in [6.45, 7) is 7.99. The largest absolute Gasteiger partial charge is 0.390 e. The van der Waals surface area contributed by atoms with Crippen LogP contribution in [0, 0.1) is 0 Å². The van der Waals surface area contributed by atoms with Gasteiger partial charge in [0.05, 0.1) is 5.54 Å². The first-order chi connectivity index (χ1) is 4.04. The molecule has 0 aliphatic rings. The zero-order valence-electron chi connectivity index (χ0n) is 6.71. The summed E-state index contributed by atoms with van der Waals surface area (Å²) in [6.07, 6.45) is 0. The van der Waals surface area contributed by atoms with Gasteiger partial charge in [-0.15, -0.1) is 0 Å². The van der Waals surface area contributed by atoms with Gasteiger partial charge in [-0.1, -0.05) is 6.58 Å². The van der Waals surface area contributed by atoms with Crippen molar-refractivity contribution < 1.29 is 0 Å². The number of hydrogen-bond acceptors (Lipinski definition) is 2. The molecule has 2 N–H and O–H groups in total. The number of nitrogens with one attached hydrogen (secondary N) is 2. The lowest BCUT2D eigenvalue weighted by atomic mass is 10.0. The molecule has 54 valence electrons. The smallest absolute Gasteiger partial charge is 0.0517 e. The maximum atomic E-state index is 3.84. The fourth-order valence-corrected chi connectivity index (χ4v) is 0.463. The zero-order valence-corrected chi connectivity index (χ0v) is 6.71. The molecule has 9 heavy (non-hydrogen) atoms. The fourth-order valence-electron chi connectivity index (χ4n) is 0.463. The van der Waals surface area contributed by atoms with E-state index in [0.29, 0.717) is 0 Å². The SMILES string of the molecule is C=C(NC)C(C)(C)NC. The molecule has 2 nitrogen and oxygen atoms in total. The van der Waals surface area contributed by atoms with Crippen molar-refractivity contribution in [3.63, 3.8) is 0 Å². The van der Waals surface area contributed by atoms with Crippen LogP contribution < -0.4 is 10.6 Å². The maximum Gasteiger partial charge on any atom is 0.0517 e. The highest BCUT2D eigenvalue weighted by Gasteiger charge is 2.16. The molecular formula is C7H16N2. The lowest BCUT2D eigenvalue weighted by Crippen LogP contribution is -2.42. The minimum absolute atomic E-state index is 0.00521. The van der Waals surface area contributed by atoms with E-state index in [2.05, 4.69) is 31.1 Å². The Bertz CT molecular complexity index is 105. The molecule has 0 atom stereocenters. The predicted octanol–water partition coefficient (Wildman–Crippen LogP) is 0.717. The summed E-state index contributed by atoms with van der Waals surface area (Å²) in [5.74, 6) is 0. The third kappa shape index (κ3) is 2.06. The number of hydrogen-bond donors (Lipinski definition) is 2. The van der Waals surface area contributed by atoms with Gasteiger partial charge in [0.15, 0.2) is 0 Å². The van der Waals surface area contributed by atoms with Crippen molar-refractivity contribution in [2.75, 3.05) is 14.1 Å². The van der Waals surface area contributed by atoms with Crippen molar-refractivity contribution in [3.05, 3.63) is 12.3 Å². The van der Waals surface area contributed by atoms with Crippen LogP contribution in [0.5, 0.6) is 0 Å². The van der Waals surface area contributed by atoms with Crippen molar-refractivity contribution in [1.29, 1.82) is 0 Å². The highest BCUT2D eigenvalue weighted by atomic mass is 15.0. The van der Waals surface area contributed by atoms with E-state index in [4.69, 9.17) is 0 Å². The van der Waals surface area contributed by atoms with Crippen LogP contribution in [-0.2, 0) is 0 Å². The molecule has 0 bridgehead atoms. The van der Waals surface area contributed by atoms with Gasteiger partial charge < -0.3 is 10.6 Å². The minimum atomic E-state index is -0.00521. The van der Waals surface area contributed by atoms with Crippen molar-refractivity contribution in [2.45, 2.75) is 19.4 Å². The summed E-state index contributed by atoms with van der Waals surface area (Å²) in [5, 5.41) is 6.13. The highest BCUT2D eigenvalue weighted by Crippen LogP contribution is 2.08. The molecule has 0 radical (unpaired) electrons. The molecule has 0 aromatic carbocycles. The molecule has 0 rings (SSSR count). The first-order valence-electron chi connectivity index (χ1n) is 3.10. The molecule has 0 saturated carbocycles. The van der Waals surface area contributed by atoms with Gasteiger partial charge in [0, 0.05) is 12.7 Å². The normalized spacial score (nSPS) is 11.1. The van der Waals surface area contributed by atoms with Crippen LogP contribution in [0.4, 0.5) is 0 Å². The molecule has 0 aromatic rings. The maximum absolute atomic E-state index is 3.84. The molecule has 0 fully saturated rings. The average molecular weight is 128 g/mol. The third-order valence-corrected chi connectivity index (χ3v) is 1.68. The first kappa shape index (κ1) is 8.50. The third-order valence-electron chi connectivity index (χ3n) is 1.68. The predicted molar refractivity (Wildman–Crippen MR) is 41.3 cm³/mol. The van der Waals surface area contributed by atoms with Crippen LogP contribution in [0.3, 0.4) is 0 Å². The summed E-state index contributed by atoms with van der Waals surface area (Å²) in [6, 6.07) is 0. The van der Waals surface area contributed by atoms with Gasteiger partial charge in [-0.25, -0.2) is 0 Å².